The van der Waals surface area contributed by atoms with Crippen molar-refractivity contribution in [1.29, 1.82) is 0 Å². The lowest BCUT2D eigenvalue weighted by Crippen LogP contribution is -2.08. The van der Waals surface area contributed by atoms with Crippen molar-refractivity contribution in [3.05, 3.63) is 39.9 Å². The number of H-pyrrole nitrogens is 1. The van der Waals surface area contributed by atoms with Gasteiger partial charge in [-0.25, -0.2) is 9.78 Å². The second-order valence-electron chi connectivity index (χ2n) is 2.39. The Bertz CT molecular complexity index is 478. The zero-order chi connectivity index (χ0) is 8.55. The van der Waals surface area contributed by atoms with Gasteiger partial charge in [-0.1, -0.05) is 17.7 Å². The molecule has 0 radical (unpaired) electrons. The second-order valence-corrected chi connectivity index (χ2v) is 2.80. The van der Waals surface area contributed by atoms with Crippen molar-refractivity contribution in [3.8, 4) is 0 Å². The number of halogens is 1. The number of nitrogens with one attached hydrogen (secondary N) is 1. The van der Waals surface area contributed by atoms with E-state index in [0.717, 1.165) is 5.39 Å². The molecule has 60 valence electrons. The van der Waals surface area contributed by atoms with Crippen molar-refractivity contribution >= 4 is 22.5 Å². The number of aromatic amines is 1. The fourth-order valence-electron chi connectivity index (χ4n) is 1.05. The van der Waals surface area contributed by atoms with Gasteiger partial charge >= 0.3 is 5.69 Å². The second kappa shape index (κ2) is 2.60. The minimum absolute atomic E-state index is 0.357. The highest BCUT2D eigenvalue weighted by atomic mass is 35.5. The van der Waals surface area contributed by atoms with Gasteiger partial charge in [0.15, 0.2) is 0 Å². The fourth-order valence-corrected chi connectivity index (χ4v) is 1.27. The average molecular weight is 181 g/mol. The quantitative estimate of drug-likeness (QED) is 0.669. The molecule has 2 rings (SSSR count). The summed E-state index contributed by atoms with van der Waals surface area (Å²) < 4.78 is 0. The summed E-state index contributed by atoms with van der Waals surface area (Å²) in [6.07, 6.45) is 1.47. The molecule has 0 saturated carbocycles. The van der Waals surface area contributed by atoms with Crippen LogP contribution in [0.4, 0.5) is 0 Å². The smallest absolute Gasteiger partial charge is 0.305 e. The Morgan fingerprint density at radius 3 is 3.08 bits per heavy atom. The zero-order valence-corrected chi connectivity index (χ0v) is 6.80. The lowest BCUT2D eigenvalue weighted by molar-refractivity contribution is 1.12. The number of rotatable bonds is 0. The van der Waals surface area contributed by atoms with Crippen molar-refractivity contribution in [2.45, 2.75) is 0 Å². The number of benzene rings is 1. The Morgan fingerprint density at radius 1 is 1.42 bits per heavy atom. The molecule has 0 aliphatic heterocycles. The van der Waals surface area contributed by atoms with E-state index in [0.29, 0.717) is 10.5 Å². The molecule has 0 fully saturated rings. The van der Waals surface area contributed by atoms with Crippen LogP contribution >= 0.6 is 11.6 Å². The van der Waals surface area contributed by atoms with Crippen LogP contribution in [0.2, 0.25) is 5.02 Å². The van der Waals surface area contributed by atoms with Gasteiger partial charge in [-0.3, -0.25) is 0 Å². The first kappa shape index (κ1) is 7.31. The van der Waals surface area contributed by atoms with Crippen LogP contribution in [0.3, 0.4) is 0 Å². The van der Waals surface area contributed by atoms with E-state index < -0.39 is 0 Å². The van der Waals surface area contributed by atoms with Crippen LogP contribution in [0.1, 0.15) is 0 Å². The Balaban J connectivity index is 2.96. The third kappa shape index (κ3) is 1.08. The van der Waals surface area contributed by atoms with Crippen LogP contribution in [0.25, 0.3) is 10.9 Å². The maximum Gasteiger partial charge on any atom is 0.345 e. The molecule has 0 unspecified atom stereocenters. The zero-order valence-electron chi connectivity index (χ0n) is 6.04. The van der Waals surface area contributed by atoms with E-state index in [1.165, 1.54) is 6.20 Å². The van der Waals surface area contributed by atoms with Crippen molar-refractivity contribution in [2.75, 3.05) is 0 Å². The van der Waals surface area contributed by atoms with Crippen LogP contribution in [0.15, 0.2) is 29.2 Å². The molecule has 1 heterocycles. The molecule has 0 atom stereocenters. The molecule has 3 nitrogen and oxygen atoms in total. The molecule has 0 amide bonds. The van der Waals surface area contributed by atoms with Crippen molar-refractivity contribution in [3.63, 3.8) is 0 Å². The van der Waals surface area contributed by atoms with Gasteiger partial charge < -0.3 is 4.98 Å². The van der Waals surface area contributed by atoms with E-state index in [1.807, 2.05) is 0 Å². The molecule has 2 aromatic rings. The van der Waals surface area contributed by atoms with E-state index in [2.05, 4.69) is 9.97 Å². The molecule has 0 spiro atoms. The van der Waals surface area contributed by atoms with Gasteiger partial charge in [-0.15, -0.1) is 0 Å². The van der Waals surface area contributed by atoms with Gasteiger partial charge in [-0.2, -0.15) is 0 Å². The average Bonchev–Trinajstić information content (AvgIpc) is 2.04. The van der Waals surface area contributed by atoms with Gasteiger partial charge in [-0.05, 0) is 12.1 Å². The largest absolute Gasteiger partial charge is 0.345 e. The maximum absolute atomic E-state index is 10.8. The van der Waals surface area contributed by atoms with Crippen LogP contribution in [0, 0.1) is 0 Å². The third-order valence-electron chi connectivity index (χ3n) is 1.61. The molecule has 1 aromatic carbocycles. The van der Waals surface area contributed by atoms with Gasteiger partial charge in [0, 0.05) is 11.6 Å². The van der Waals surface area contributed by atoms with Crippen LogP contribution in [-0.2, 0) is 0 Å². The predicted octanol–water partition coefficient (Wildman–Crippen LogP) is 1.58. The van der Waals surface area contributed by atoms with Crippen LogP contribution in [0.5, 0.6) is 0 Å². The molecule has 0 aliphatic carbocycles. The summed E-state index contributed by atoms with van der Waals surface area (Å²) in [7, 11) is 0. The highest BCUT2D eigenvalue weighted by Gasteiger charge is 1.97. The van der Waals surface area contributed by atoms with Gasteiger partial charge in [0.25, 0.3) is 0 Å². The Labute approximate surface area is 73.0 Å². The predicted molar refractivity (Wildman–Crippen MR) is 47.4 cm³/mol. The summed E-state index contributed by atoms with van der Waals surface area (Å²) in [6, 6.07) is 5.31. The first-order valence-electron chi connectivity index (χ1n) is 3.41. The first-order chi connectivity index (χ1) is 5.77. The highest BCUT2D eigenvalue weighted by Crippen LogP contribution is 2.18. The van der Waals surface area contributed by atoms with Crippen molar-refractivity contribution < 1.29 is 0 Å². The Kier molecular flexibility index (Phi) is 1.59. The number of nitrogens with zero attached hydrogens (tertiary/aromatic N) is 1. The normalized spacial score (nSPS) is 10.4. The third-order valence-corrected chi connectivity index (χ3v) is 1.94. The number of aromatic nitrogens is 2. The van der Waals surface area contributed by atoms with Crippen molar-refractivity contribution in [1.82, 2.24) is 9.97 Å². The fraction of sp³-hybridized carbons (Fsp3) is 0. The SMILES string of the molecule is O=c1ncc2c(Cl)cccc2[nH]1. The Morgan fingerprint density at radius 2 is 2.25 bits per heavy atom. The van der Waals surface area contributed by atoms with E-state index >= 15 is 0 Å². The van der Waals surface area contributed by atoms with E-state index in [9.17, 15) is 4.79 Å². The molecule has 1 N–H and O–H groups in total. The molecular formula is C8H5ClN2O. The summed E-state index contributed by atoms with van der Waals surface area (Å²) in [4.78, 5) is 16.9. The van der Waals surface area contributed by atoms with E-state index in [1.54, 1.807) is 18.2 Å². The summed E-state index contributed by atoms with van der Waals surface area (Å²) >= 11 is 5.85. The summed E-state index contributed by atoms with van der Waals surface area (Å²) in [5, 5.41) is 1.36. The van der Waals surface area contributed by atoms with Gasteiger partial charge in [0.2, 0.25) is 0 Å². The minimum Gasteiger partial charge on any atom is -0.305 e. The van der Waals surface area contributed by atoms with Crippen LogP contribution in [-0.4, -0.2) is 9.97 Å². The molecule has 1 aromatic heterocycles. The molecule has 12 heavy (non-hydrogen) atoms. The molecular weight excluding hydrogens is 176 g/mol. The number of hydrogen-bond acceptors (Lipinski definition) is 2. The molecule has 4 heteroatoms. The highest BCUT2D eigenvalue weighted by molar-refractivity contribution is 6.35. The van der Waals surface area contributed by atoms with E-state index in [-0.39, 0.29) is 5.69 Å². The summed E-state index contributed by atoms with van der Waals surface area (Å²) in [6.45, 7) is 0. The molecule has 0 aliphatic rings. The molecule has 0 saturated heterocycles. The van der Waals surface area contributed by atoms with Crippen molar-refractivity contribution in [2.24, 2.45) is 0 Å². The minimum atomic E-state index is -0.357. The topological polar surface area (TPSA) is 45.8 Å². The lowest BCUT2D eigenvalue weighted by Gasteiger charge is -1.96. The monoisotopic (exact) mass is 180 g/mol. The molecule has 0 bridgehead atoms. The lowest BCUT2D eigenvalue weighted by atomic mass is 10.2. The van der Waals surface area contributed by atoms with Gasteiger partial charge in [0.05, 0.1) is 10.5 Å². The van der Waals surface area contributed by atoms with Gasteiger partial charge in [0.1, 0.15) is 0 Å². The summed E-state index contributed by atoms with van der Waals surface area (Å²) in [5.41, 5.74) is 0.354. The first-order valence-corrected chi connectivity index (χ1v) is 3.79. The van der Waals surface area contributed by atoms with Crippen LogP contribution < -0.4 is 5.69 Å². The maximum atomic E-state index is 10.8. The van der Waals surface area contributed by atoms with E-state index in [4.69, 9.17) is 11.6 Å². The number of hydrogen-bond donors (Lipinski definition) is 1. The number of fused-ring (bicyclic) bond motifs is 1. The standard InChI is InChI=1S/C8H5ClN2O/c9-6-2-1-3-7-5(6)4-10-8(12)11-7/h1-4H,(H,10,11,12). The Hall–Kier alpha value is -1.35. The summed E-state index contributed by atoms with van der Waals surface area (Å²) in [5.74, 6) is 0.